The van der Waals surface area contributed by atoms with Gasteiger partial charge in [0.05, 0.1) is 13.7 Å². The van der Waals surface area contributed by atoms with Crippen LogP contribution >= 0.6 is 0 Å². The molecule has 1 heterocycles. The number of rotatable bonds is 14. The molecular weight excluding hydrogens is 574 g/mol. The Hall–Kier alpha value is -4.89. The van der Waals surface area contributed by atoms with Crippen LogP contribution < -0.4 is 10.1 Å². The zero-order valence-corrected chi connectivity index (χ0v) is 24.8. The quantitative estimate of drug-likeness (QED) is 0.231. The summed E-state index contributed by atoms with van der Waals surface area (Å²) in [4.78, 5) is 72.9. The van der Waals surface area contributed by atoms with Crippen LogP contribution in [0, 0.1) is 0 Å². The molecule has 1 aliphatic rings. The monoisotopic (exact) mass is 609 g/mol. The molecule has 1 amide bonds. The van der Waals surface area contributed by atoms with Crippen LogP contribution in [0.2, 0.25) is 0 Å². The van der Waals surface area contributed by atoms with Crippen LogP contribution in [0.5, 0.6) is 5.75 Å². The SMILES string of the molecule is COc1ccc(NCC2=NN(C(C)=O)C([C@@H](OC(C)=O)[C@@H](OC(C)=O)[C@H](OC(C)=O)[C@@H](COC(C)=O)OC(C)=O)O2)cc1. The van der Waals surface area contributed by atoms with E-state index in [1.54, 1.807) is 24.3 Å². The van der Waals surface area contributed by atoms with Crippen molar-refractivity contribution in [2.24, 2.45) is 5.10 Å². The van der Waals surface area contributed by atoms with Gasteiger partial charge in [-0.3, -0.25) is 28.8 Å². The maximum absolute atomic E-state index is 12.6. The smallest absolute Gasteiger partial charge is 0.303 e. The highest BCUT2D eigenvalue weighted by Gasteiger charge is 2.51. The molecule has 1 aliphatic heterocycles. The number of benzene rings is 1. The van der Waals surface area contributed by atoms with Gasteiger partial charge >= 0.3 is 29.8 Å². The van der Waals surface area contributed by atoms with Crippen molar-refractivity contribution in [1.29, 1.82) is 0 Å². The van der Waals surface area contributed by atoms with Gasteiger partial charge in [-0.15, -0.1) is 5.10 Å². The van der Waals surface area contributed by atoms with E-state index in [0.717, 1.165) is 46.6 Å². The average molecular weight is 610 g/mol. The number of carbonyl (C=O) groups is 6. The van der Waals surface area contributed by atoms with E-state index < -0.39 is 73.0 Å². The molecule has 0 spiro atoms. The fourth-order valence-electron chi connectivity index (χ4n) is 3.96. The standard InChI is InChI=1S/C27H35N3O13/c1-14(31)30-27(43-23(29-30)12-28-20-8-10-21(37-7)11-9-20)26(42-19(6)36)25(41-18(5)35)24(40-17(4)34)22(39-16(3)33)13-38-15(2)32/h8-11,22,24-28H,12-13H2,1-7H3/t22-,24-,25+,26+,27?/m1/s1. The Morgan fingerprint density at radius 1 is 0.814 bits per heavy atom. The zero-order valence-electron chi connectivity index (χ0n) is 24.8. The molecule has 1 aromatic rings. The highest BCUT2D eigenvalue weighted by atomic mass is 16.7. The van der Waals surface area contributed by atoms with Crippen LogP contribution in [0.3, 0.4) is 0 Å². The predicted molar refractivity (Wildman–Crippen MR) is 145 cm³/mol. The Morgan fingerprint density at radius 3 is 1.86 bits per heavy atom. The summed E-state index contributed by atoms with van der Waals surface area (Å²) in [6, 6.07) is 6.90. The first-order valence-corrected chi connectivity index (χ1v) is 13.0. The van der Waals surface area contributed by atoms with Crippen LogP contribution in [0.1, 0.15) is 41.5 Å². The van der Waals surface area contributed by atoms with Crippen LogP contribution in [0.25, 0.3) is 0 Å². The van der Waals surface area contributed by atoms with Crippen LogP contribution in [-0.4, -0.2) is 97.6 Å². The predicted octanol–water partition coefficient (Wildman–Crippen LogP) is 0.915. The number of amides is 1. The normalized spacial score (nSPS) is 16.7. The lowest BCUT2D eigenvalue weighted by Crippen LogP contribution is -2.59. The van der Waals surface area contributed by atoms with Gasteiger partial charge in [-0.1, -0.05) is 0 Å². The molecule has 0 radical (unpaired) electrons. The largest absolute Gasteiger partial charge is 0.497 e. The summed E-state index contributed by atoms with van der Waals surface area (Å²) < 4.78 is 37.6. The number of hydrogen-bond acceptors (Lipinski definition) is 15. The van der Waals surface area contributed by atoms with Crippen LogP contribution in [-0.2, 0) is 57.2 Å². The van der Waals surface area contributed by atoms with Crippen LogP contribution in [0.4, 0.5) is 5.69 Å². The molecule has 0 bridgehead atoms. The van der Waals surface area contributed by atoms with Gasteiger partial charge in [0.2, 0.25) is 18.0 Å². The number of methoxy groups -OCH3 is 1. The number of anilines is 1. The Labute approximate surface area is 247 Å². The lowest BCUT2D eigenvalue weighted by atomic mass is 10.00. The average Bonchev–Trinajstić information content (AvgIpc) is 3.34. The molecule has 0 aromatic heterocycles. The van der Waals surface area contributed by atoms with E-state index in [4.69, 9.17) is 33.2 Å². The third-order valence-electron chi connectivity index (χ3n) is 5.54. The summed E-state index contributed by atoms with van der Waals surface area (Å²) in [5.41, 5.74) is 0.656. The number of hydrogen-bond donors (Lipinski definition) is 1. The van der Waals surface area contributed by atoms with E-state index in [1.165, 1.54) is 7.11 Å². The Kier molecular flexibility index (Phi) is 12.7. The third-order valence-corrected chi connectivity index (χ3v) is 5.54. The van der Waals surface area contributed by atoms with Crippen molar-refractivity contribution in [3.8, 4) is 5.75 Å². The molecule has 5 atom stereocenters. The molecule has 0 saturated heterocycles. The third kappa shape index (κ3) is 10.8. The fourth-order valence-corrected chi connectivity index (χ4v) is 3.96. The molecule has 0 saturated carbocycles. The minimum Gasteiger partial charge on any atom is -0.497 e. The van der Waals surface area contributed by atoms with Gasteiger partial charge in [0, 0.05) is 47.2 Å². The number of ether oxygens (including phenoxy) is 7. The number of nitrogens with zero attached hydrogens (tertiary/aromatic N) is 2. The minimum atomic E-state index is -1.76. The highest BCUT2D eigenvalue weighted by molar-refractivity contribution is 5.85. The lowest BCUT2D eigenvalue weighted by molar-refractivity contribution is -0.216. The second-order valence-electron chi connectivity index (χ2n) is 9.12. The van der Waals surface area contributed by atoms with Gasteiger partial charge in [0.1, 0.15) is 12.4 Å². The molecule has 0 aliphatic carbocycles. The van der Waals surface area contributed by atoms with Gasteiger partial charge in [-0.05, 0) is 24.3 Å². The Bertz CT molecular complexity index is 1220. The molecule has 16 nitrogen and oxygen atoms in total. The van der Waals surface area contributed by atoms with Crippen molar-refractivity contribution < 1.29 is 61.9 Å². The second-order valence-corrected chi connectivity index (χ2v) is 9.12. The van der Waals surface area contributed by atoms with Gasteiger partial charge in [0.15, 0.2) is 24.4 Å². The molecule has 1 aromatic carbocycles. The topological polar surface area (TPSA) is 195 Å². The summed E-state index contributed by atoms with van der Waals surface area (Å²) >= 11 is 0. The van der Waals surface area contributed by atoms with Crippen molar-refractivity contribution in [3.05, 3.63) is 24.3 Å². The first kappa shape index (κ1) is 34.3. The molecule has 2 rings (SSSR count). The lowest BCUT2D eigenvalue weighted by Gasteiger charge is -2.37. The van der Waals surface area contributed by atoms with Crippen molar-refractivity contribution in [3.63, 3.8) is 0 Å². The molecule has 0 fully saturated rings. The van der Waals surface area contributed by atoms with Gasteiger partial charge < -0.3 is 38.5 Å². The summed E-state index contributed by atoms with van der Waals surface area (Å²) in [6.07, 6.45) is -8.26. The summed E-state index contributed by atoms with van der Waals surface area (Å²) in [5, 5.41) is 8.09. The van der Waals surface area contributed by atoms with E-state index in [0.29, 0.717) is 11.4 Å². The molecule has 1 N–H and O–H groups in total. The number of hydrazone groups is 1. The van der Waals surface area contributed by atoms with Crippen molar-refractivity contribution in [2.45, 2.75) is 72.2 Å². The summed E-state index contributed by atoms with van der Waals surface area (Å²) in [5.74, 6) is -4.40. The Morgan fingerprint density at radius 2 is 1.37 bits per heavy atom. The maximum Gasteiger partial charge on any atom is 0.303 e. The van der Waals surface area contributed by atoms with E-state index in [9.17, 15) is 28.8 Å². The molecule has 1 unspecified atom stereocenters. The van der Waals surface area contributed by atoms with Crippen molar-refractivity contribution >= 4 is 47.3 Å². The minimum absolute atomic E-state index is 0.0183. The van der Waals surface area contributed by atoms with Crippen molar-refractivity contribution in [1.82, 2.24) is 5.01 Å². The van der Waals surface area contributed by atoms with Gasteiger partial charge in [0.25, 0.3) is 0 Å². The number of nitrogens with one attached hydrogen (secondary N) is 1. The van der Waals surface area contributed by atoms with E-state index in [2.05, 4.69) is 10.4 Å². The second kappa shape index (κ2) is 15.9. The summed E-state index contributed by atoms with van der Waals surface area (Å²) in [6.45, 7) is 5.72. The van der Waals surface area contributed by atoms with Gasteiger partial charge in [-0.25, -0.2) is 0 Å². The zero-order chi connectivity index (χ0) is 32.3. The van der Waals surface area contributed by atoms with Gasteiger partial charge in [-0.2, -0.15) is 5.01 Å². The molecule has 16 heteroatoms. The fraction of sp³-hybridized carbons (Fsp3) is 0.519. The van der Waals surface area contributed by atoms with E-state index in [-0.39, 0.29) is 12.4 Å². The highest BCUT2D eigenvalue weighted by Crippen LogP contribution is 2.28. The number of esters is 5. The first-order valence-electron chi connectivity index (χ1n) is 13.0. The molecule has 236 valence electrons. The van der Waals surface area contributed by atoms with E-state index >= 15 is 0 Å². The molecular formula is C27H35N3O13. The first-order chi connectivity index (χ1) is 20.2. The Balaban J connectivity index is 2.51. The van der Waals surface area contributed by atoms with E-state index in [1.807, 2.05) is 0 Å². The number of carbonyl (C=O) groups excluding carboxylic acids is 6. The van der Waals surface area contributed by atoms with Crippen LogP contribution in [0.15, 0.2) is 29.4 Å². The summed E-state index contributed by atoms with van der Waals surface area (Å²) in [7, 11) is 1.53. The van der Waals surface area contributed by atoms with Crippen molar-refractivity contribution in [2.75, 3.05) is 25.6 Å². The molecule has 43 heavy (non-hydrogen) atoms. The maximum atomic E-state index is 12.6.